The van der Waals surface area contributed by atoms with Gasteiger partial charge in [0.25, 0.3) is 5.91 Å². The summed E-state index contributed by atoms with van der Waals surface area (Å²) in [6.07, 6.45) is 2.81. The van der Waals surface area contributed by atoms with Gasteiger partial charge in [-0.3, -0.25) is 4.79 Å². The zero-order valence-corrected chi connectivity index (χ0v) is 13.5. The monoisotopic (exact) mass is 314 g/mol. The summed E-state index contributed by atoms with van der Waals surface area (Å²) >= 11 is 0. The number of nitrogens with one attached hydrogen (secondary N) is 1. The largest absolute Gasteiger partial charge is 0.481 e. The standard InChI is InChI=1S/C18H22N2O3/c1-18(11-21)9-5-8-15(18)20-16(22)14-10-12-6-3-4-7-13(12)17(19-14)23-2/h3-4,6-7,10,15,21H,5,8-9,11H2,1-2H3,(H,20,22). The van der Waals surface area contributed by atoms with E-state index in [0.29, 0.717) is 11.6 Å². The Morgan fingerprint density at radius 2 is 2.26 bits per heavy atom. The summed E-state index contributed by atoms with van der Waals surface area (Å²) in [5, 5.41) is 14.5. The van der Waals surface area contributed by atoms with Gasteiger partial charge in [-0.15, -0.1) is 0 Å². The van der Waals surface area contributed by atoms with Crippen molar-refractivity contribution in [2.24, 2.45) is 5.41 Å². The van der Waals surface area contributed by atoms with E-state index in [9.17, 15) is 9.90 Å². The predicted octanol–water partition coefficient (Wildman–Crippen LogP) is 2.52. The number of pyridine rings is 1. The second-order valence-electron chi connectivity index (χ2n) is 6.47. The smallest absolute Gasteiger partial charge is 0.270 e. The SMILES string of the molecule is COc1nc(C(=O)NC2CCCC2(C)CO)cc2ccccc12. The lowest BCUT2D eigenvalue weighted by Gasteiger charge is -2.30. The summed E-state index contributed by atoms with van der Waals surface area (Å²) in [4.78, 5) is 16.9. The number of rotatable bonds is 4. The fraction of sp³-hybridized carbons (Fsp3) is 0.444. The number of benzene rings is 1. The van der Waals surface area contributed by atoms with E-state index in [1.54, 1.807) is 13.2 Å². The van der Waals surface area contributed by atoms with Gasteiger partial charge in [-0.2, -0.15) is 0 Å². The number of amides is 1. The van der Waals surface area contributed by atoms with Crippen LogP contribution in [-0.2, 0) is 0 Å². The van der Waals surface area contributed by atoms with E-state index in [1.165, 1.54) is 0 Å². The fourth-order valence-corrected chi connectivity index (χ4v) is 3.34. The summed E-state index contributed by atoms with van der Waals surface area (Å²) in [6, 6.07) is 9.44. The van der Waals surface area contributed by atoms with Crippen molar-refractivity contribution in [1.29, 1.82) is 0 Å². The molecule has 1 aromatic carbocycles. The predicted molar refractivity (Wildman–Crippen MR) is 88.6 cm³/mol. The number of methoxy groups -OCH3 is 1. The molecule has 1 saturated carbocycles. The second-order valence-corrected chi connectivity index (χ2v) is 6.47. The number of aromatic nitrogens is 1. The van der Waals surface area contributed by atoms with Crippen LogP contribution in [0.5, 0.6) is 5.88 Å². The molecule has 5 nitrogen and oxygen atoms in total. The molecule has 1 aliphatic rings. The van der Waals surface area contributed by atoms with Crippen LogP contribution in [-0.4, -0.2) is 35.8 Å². The number of ether oxygens (including phenoxy) is 1. The van der Waals surface area contributed by atoms with Crippen LogP contribution in [0.25, 0.3) is 10.8 Å². The van der Waals surface area contributed by atoms with Crippen LogP contribution in [0.2, 0.25) is 0 Å². The highest BCUT2D eigenvalue weighted by molar-refractivity contribution is 5.98. The number of carbonyl (C=O) groups is 1. The van der Waals surface area contributed by atoms with Gasteiger partial charge >= 0.3 is 0 Å². The van der Waals surface area contributed by atoms with E-state index in [4.69, 9.17) is 4.74 Å². The third-order valence-corrected chi connectivity index (χ3v) is 4.88. The van der Waals surface area contributed by atoms with Crippen LogP contribution >= 0.6 is 0 Å². The fourth-order valence-electron chi connectivity index (χ4n) is 3.34. The first-order valence-electron chi connectivity index (χ1n) is 7.93. The zero-order chi connectivity index (χ0) is 16.4. The summed E-state index contributed by atoms with van der Waals surface area (Å²) in [6.45, 7) is 2.09. The first-order chi connectivity index (χ1) is 11.1. The number of aliphatic hydroxyl groups excluding tert-OH is 1. The Kier molecular flexibility index (Phi) is 4.22. The van der Waals surface area contributed by atoms with Crippen LogP contribution < -0.4 is 10.1 Å². The van der Waals surface area contributed by atoms with Crippen molar-refractivity contribution in [2.75, 3.05) is 13.7 Å². The van der Waals surface area contributed by atoms with Gasteiger partial charge in [-0.25, -0.2) is 4.98 Å². The summed E-state index contributed by atoms with van der Waals surface area (Å²) in [5.74, 6) is 0.227. The minimum absolute atomic E-state index is 0.0285. The summed E-state index contributed by atoms with van der Waals surface area (Å²) in [5.41, 5.74) is 0.0871. The van der Waals surface area contributed by atoms with Gasteiger partial charge < -0.3 is 15.2 Å². The van der Waals surface area contributed by atoms with E-state index in [2.05, 4.69) is 10.3 Å². The first kappa shape index (κ1) is 15.7. The Balaban J connectivity index is 1.89. The minimum Gasteiger partial charge on any atom is -0.481 e. The molecule has 1 heterocycles. The van der Waals surface area contributed by atoms with Crippen LogP contribution in [0, 0.1) is 5.41 Å². The molecule has 1 aliphatic carbocycles. The van der Waals surface area contributed by atoms with Crippen molar-refractivity contribution in [1.82, 2.24) is 10.3 Å². The maximum atomic E-state index is 12.6. The normalized spacial score (nSPS) is 23.9. The first-order valence-corrected chi connectivity index (χ1v) is 7.93. The number of hydrogen-bond donors (Lipinski definition) is 2. The van der Waals surface area contributed by atoms with Gasteiger partial charge in [-0.05, 0) is 30.4 Å². The molecule has 122 valence electrons. The lowest BCUT2D eigenvalue weighted by Crippen LogP contribution is -2.45. The highest BCUT2D eigenvalue weighted by Crippen LogP contribution is 2.37. The van der Waals surface area contributed by atoms with E-state index in [0.717, 1.165) is 30.0 Å². The Labute approximate surface area is 135 Å². The van der Waals surface area contributed by atoms with E-state index < -0.39 is 0 Å². The maximum absolute atomic E-state index is 12.6. The van der Waals surface area contributed by atoms with Gasteiger partial charge in [0, 0.05) is 16.8 Å². The summed E-state index contributed by atoms with van der Waals surface area (Å²) < 4.78 is 5.32. The van der Waals surface area contributed by atoms with Gasteiger partial charge in [0.1, 0.15) is 5.69 Å². The number of carbonyl (C=O) groups excluding carboxylic acids is 1. The molecule has 0 aliphatic heterocycles. The molecule has 5 heteroatoms. The molecule has 1 fully saturated rings. The van der Waals surface area contributed by atoms with Crippen LogP contribution in [0.4, 0.5) is 0 Å². The number of nitrogens with zero attached hydrogens (tertiary/aromatic N) is 1. The highest BCUT2D eigenvalue weighted by atomic mass is 16.5. The second kappa shape index (κ2) is 6.16. The Bertz CT molecular complexity index is 731. The van der Waals surface area contributed by atoms with Crippen molar-refractivity contribution in [3.8, 4) is 5.88 Å². The number of aliphatic hydroxyl groups is 1. The van der Waals surface area contributed by atoms with Gasteiger partial charge in [0.2, 0.25) is 5.88 Å². The van der Waals surface area contributed by atoms with Crippen LogP contribution in [0.3, 0.4) is 0 Å². The molecule has 2 N–H and O–H groups in total. The average molecular weight is 314 g/mol. The van der Waals surface area contributed by atoms with Gasteiger partial charge in [0.05, 0.1) is 13.7 Å². The quantitative estimate of drug-likeness (QED) is 0.909. The van der Waals surface area contributed by atoms with E-state index in [1.807, 2.05) is 31.2 Å². The Morgan fingerprint density at radius 3 is 3.00 bits per heavy atom. The minimum atomic E-state index is -0.253. The number of fused-ring (bicyclic) bond motifs is 1. The molecule has 0 radical (unpaired) electrons. The van der Waals surface area contributed by atoms with Crippen molar-refractivity contribution in [3.63, 3.8) is 0 Å². The van der Waals surface area contributed by atoms with Crippen molar-refractivity contribution in [2.45, 2.75) is 32.2 Å². The third kappa shape index (κ3) is 2.88. The van der Waals surface area contributed by atoms with E-state index >= 15 is 0 Å². The van der Waals surface area contributed by atoms with Crippen molar-refractivity contribution < 1.29 is 14.6 Å². The third-order valence-electron chi connectivity index (χ3n) is 4.88. The molecule has 3 rings (SSSR count). The topological polar surface area (TPSA) is 71.5 Å². The Morgan fingerprint density at radius 1 is 1.48 bits per heavy atom. The van der Waals surface area contributed by atoms with Gasteiger partial charge in [-0.1, -0.05) is 31.5 Å². The lowest BCUT2D eigenvalue weighted by atomic mass is 9.86. The maximum Gasteiger partial charge on any atom is 0.270 e. The van der Waals surface area contributed by atoms with Crippen LogP contribution in [0.1, 0.15) is 36.7 Å². The van der Waals surface area contributed by atoms with E-state index in [-0.39, 0.29) is 24.0 Å². The summed E-state index contributed by atoms with van der Waals surface area (Å²) in [7, 11) is 1.55. The molecule has 23 heavy (non-hydrogen) atoms. The highest BCUT2D eigenvalue weighted by Gasteiger charge is 2.39. The molecule has 0 bridgehead atoms. The zero-order valence-electron chi connectivity index (χ0n) is 13.5. The van der Waals surface area contributed by atoms with Gasteiger partial charge in [0.15, 0.2) is 0 Å². The molecule has 2 atom stereocenters. The molecule has 1 amide bonds. The number of hydrogen-bond acceptors (Lipinski definition) is 4. The molecule has 1 aromatic heterocycles. The van der Waals surface area contributed by atoms with Crippen LogP contribution in [0.15, 0.2) is 30.3 Å². The molecular weight excluding hydrogens is 292 g/mol. The van der Waals surface area contributed by atoms with Crippen molar-refractivity contribution >= 4 is 16.7 Å². The average Bonchev–Trinajstić information content (AvgIpc) is 2.95. The molecule has 0 saturated heterocycles. The van der Waals surface area contributed by atoms with Crippen molar-refractivity contribution in [3.05, 3.63) is 36.0 Å². The molecule has 2 aromatic rings. The molecular formula is C18H22N2O3. The molecule has 0 spiro atoms. The molecule has 2 unspecified atom stereocenters. The Hall–Kier alpha value is -2.14. The lowest BCUT2D eigenvalue weighted by molar-refractivity contribution is 0.0825.